The van der Waals surface area contributed by atoms with Gasteiger partial charge in [-0.3, -0.25) is 4.79 Å². The molecule has 3 fully saturated rings. The van der Waals surface area contributed by atoms with Gasteiger partial charge in [0.2, 0.25) is 0 Å². The van der Waals surface area contributed by atoms with Gasteiger partial charge in [-0.25, -0.2) is 0 Å². The largest absolute Gasteiger partial charge is 0.462 e. The van der Waals surface area contributed by atoms with Crippen LogP contribution in [0, 0.1) is 28.6 Å². The fraction of sp³-hybridized carbons (Fsp3) is 0.800. The van der Waals surface area contributed by atoms with Gasteiger partial charge in [-0.1, -0.05) is 31.6 Å². The molecular formula is C25H36O4. The Kier molecular flexibility index (Phi) is 4.57. The van der Waals surface area contributed by atoms with Crippen molar-refractivity contribution in [3.05, 3.63) is 23.3 Å². The number of hydrogen-bond donors (Lipinski definition) is 0. The van der Waals surface area contributed by atoms with Crippen LogP contribution in [0.3, 0.4) is 0 Å². The Bertz CT molecular complexity index is 761. The van der Waals surface area contributed by atoms with Gasteiger partial charge < -0.3 is 14.2 Å². The summed E-state index contributed by atoms with van der Waals surface area (Å²) in [6.45, 7) is 10.0. The Balaban J connectivity index is 1.39. The number of ether oxygens (including phenoxy) is 3. The van der Waals surface area contributed by atoms with Gasteiger partial charge in [-0.15, -0.1) is 0 Å². The van der Waals surface area contributed by atoms with Crippen LogP contribution < -0.4 is 0 Å². The van der Waals surface area contributed by atoms with Gasteiger partial charge >= 0.3 is 5.97 Å². The number of allylic oxidation sites excluding steroid dienone is 2. The molecule has 0 radical (unpaired) electrons. The Labute approximate surface area is 175 Å². The maximum Gasteiger partial charge on any atom is 0.302 e. The zero-order chi connectivity index (χ0) is 20.4. The van der Waals surface area contributed by atoms with Crippen molar-refractivity contribution < 1.29 is 19.0 Å². The van der Waals surface area contributed by atoms with Crippen molar-refractivity contribution in [1.29, 1.82) is 0 Å². The molecule has 0 bridgehead atoms. The van der Waals surface area contributed by atoms with Gasteiger partial charge in [0.1, 0.15) is 6.10 Å². The normalized spacial score (nSPS) is 45.5. The second-order valence-electron chi connectivity index (χ2n) is 10.7. The lowest BCUT2D eigenvalue weighted by atomic mass is 9.47. The molecule has 160 valence electrons. The quantitative estimate of drug-likeness (QED) is 0.473. The summed E-state index contributed by atoms with van der Waals surface area (Å²) in [5.74, 6) is 1.49. The van der Waals surface area contributed by atoms with Crippen molar-refractivity contribution in [3.63, 3.8) is 0 Å². The van der Waals surface area contributed by atoms with Crippen molar-refractivity contribution >= 4 is 5.97 Å². The van der Waals surface area contributed by atoms with E-state index in [2.05, 4.69) is 32.9 Å². The summed E-state index contributed by atoms with van der Waals surface area (Å²) in [6, 6.07) is 0. The third-order valence-corrected chi connectivity index (χ3v) is 9.30. The summed E-state index contributed by atoms with van der Waals surface area (Å²) < 4.78 is 17.7. The fourth-order valence-corrected chi connectivity index (χ4v) is 7.90. The van der Waals surface area contributed by atoms with Crippen LogP contribution in [0.25, 0.3) is 0 Å². The third-order valence-electron chi connectivity index (χ3n) is 9.30. The average Bonchev–Trinajstić information content (AvgIpc) is 3.25. The molecule has 5 aliphatic rings. The minimum atomic E-state index is -0.516. The fourth-order valence-electron chi connectivity index (χ4n) is 7.90. The number of fused-ring (bicyclic) bond motifs is 5. The standard InChI is InChI=1S/C25H36O4/c1-16(26)29-18-9-11-23(2)17(15-18)5-6-19-20-7-8-22(25(4)27-13-14-28-25)24(20,3)12-10-21(19)23/h5,8,18-21H,6-7,9-15H2,1-4H3. The Morgan fingerprint density at radius 1 is 1.00 bits per heavy atom. The molecule has 4 aliphatic carbocycles. The topological polar surface area (TPSA) is 44.8 Å². The molecular weight excluding hydrogens is 364 g/mol. The molecule has 1 heterocycles. The van der Waals surface area contributed by atoms with Crippen LogP contribution in [0.4, 0.5) is 0 Å². The van der Waals surface area contributed by atoms with E-state index in [0.29, 0.717) is 19.1 Å². The van der Waals surface area contributed by atoms with Crippen LogP contribution >= 0.6 is 0 Å². The smallest absolute Gasteiger partial charge is 0.302 e. The van der Waals surface area contributed by atoms with Gasteiger partial charge in [-0.2, -0.15) is 0 Å². The Morgan fingerprint density at radius 2 is 1.72 bits per heavy atom. The zero-order valence-electron chi connectivity index (χ0n) is 18.5. The van der Waals surface area contributed by atoms with Gasteiger partial charge in [-0.05, 0) is 79.6 Å². The lowest BCUT2D eigenvalue weighted by Crippen LogP contribution is -2.51. The minimum Gasteiger partial charge on any atom is -0.462 e. The van der Waals surface area contributed by atoms with E-state index in [9.17, 15) is 4.79 Å². The number of hydrogen-bond acceptors (Lipinski definition) is 4. The molecule has 2 saturated carbocycles. The first-order chi connectivity index (χ1) is 13.8. The lowest BCUT2D eigenvalue weighted by Gasteiger charge is -2.58. The molecule has 6 unspecified atom stereocenters. The van der Waals surface area contributed by atoms with E-state index in [-0.39, 0.29) is 22.9 Å². The van der Waals surface area contributed by atoms with Crippen molar-refractivity contribution in [2.75, 3.05) is 13.2 Å². The summed E-state index contributed by atoms with van der Waals surface area (Å²) in [6.07, 6.45) is 13.0. The second kappa shape index (κ2) is 6.68. The zero-order valence-corrected chi connectivity index (χ0v) is 18.5. The highest BCUT2D eigenvalue weighted by molar-refractivity contribution is 5.66. The molecule has 1 saturated heterocycles. The number of carbonyl (C=O) groups excluding carboxylic acids is 1. The van der Waals surface area contributed by atoms with Crippen molar-refractivity contribution in [3.8, 4) is 0 Å². The maximum atomic E-state index is 11.4. The third kappa shape index (κ3) is 2.89. The predicted molar refractivity (Wildman–Crippen MR) is 111 cm³/mol. The van der Waals surface area contributed by atoms with Crippen LogP contribution in [0.1, 0.15) is 72.6 Å². The molecule has 0 aromatic heterocycles. The molecule has 0 amide bonds. The average molecular weight is 401 g/mol. The molecule has 29 heavy (non-hydrogen) atoms. The van der Waals surface area contributed by atoms with Crippen LogP contribution in [0.5, 0.6) is 0 Å². The molecule has 6 atom stereocenters. The van der Waals surface area contributed by atoms with Crippen LogP contribution in [0.15, 0.2) is 23.3 Å². The first kappa shape index (κ1) is 19.8. The highest BCUT2D eigenvalue weighted by Crippen LogP contribution is 2.66. The van der Waals surface area contributed by atoms with E-state index < -0.39 is 5.79 Å². The summed E-state index contributed by atoms with van der Waals surface area (Å²) in [5.41, 5.74) is 3.43. The SMILES string of the molecule is CC(=O)OC1CCC2(C)C(=CCC3C2CCC2(C)C(C4(C)OCCO4)=CCC32)C1. The van der Waals surface area contributed by atoms with Gasteiger partial charge in [0.15, 0.2) is 5.79 Å². The molecule has 0 spiro atoms. The molecule has 5 rings (SSSR count). The molecule has 0 aromatic carbocycles. The van der Waals surface area contributed by atoms with E-state index in [1.807, 2.05) is 0 Å². The Hall–Kier alpha value is -1.13. The van der Waals surface area contributed by atoms with E-state index in [0.717, 1.165) is 37.5 Å². The summed E-state index contributed by atoms with van der Waals surface area (Å²) in [7, 11) is 0. The van der Waals surface area contributed by atoms with Crippen LogP contribution in [0.2, 0.25) is 0 Å². The molecule has 4 nitrogen and oxygen atoms in total. The van der Waals surface area contributed by atoms with Crippen molar-refractivity contribution in [2.24, 2.45) is 28.6 Å². The van der Waals surface area contributed by atoms with Crippen molar-refractivity contribution in [2.45, 2.75) is 84.5 Å². The Morgan fingerprint density at radius 3 is 2.45 bits per heavy atom. The first-order valence-electron chi connectivity index (χ1n) is 11.6. The minimum absolute atomic E-state index is 0.0774. The number of esters is 1. The van der Waals surface area contributed by atoms with E-state index >= 15 is 0 Å². The van der Waals surface area contributed by atoms with E-state index in [1.54, 1.807) is 5.57 Å². The van der Waals surface area contributed by atoms with E-state index in [1.165, 1.54) is 31.8 Å². The van der Waals surface area contributed by atoms with Gasteiger partial charge in [0.25, 0.3) is 0 Å². The van der Waals surface area contributed by atoms with Crippen LogP contribution in [-0.4, -0.2) is 31.1 Å². The molecule has 0 aromatic rings. The second-order valence-corrected chi connectivity index (χ2v) is 10.7. The number of carbonyl (C=O) groups is 1. The summed E-state index contributed by atoms with van der Waals surface area (Å²) in [5, 5.41) is 0. The molecule has 1 aliphatic heterocycles. The summed E-state index contributed by atoms with van der Waals surface area (Å²) in [4.78, 5) is 11.4. The number of rotatable bonds is 2. The highest BCUT2D eigenvalue weighted by Gasteiger charge is 2.59. The molecule has 0 N–H and O–H groups in total. The summed E-state index contributed by atoms with van der Waals surface area (Å²) >= 11 is 0. The van der Waals surface area contributed by atoms with Crippen LogP contribution in [-0.2, 0) is 19.0 Å². The maximum absolute atomic E-state index is 11.4. The van der Waals surface area contributed by atoms with E-state index in [4.69, 9.17) is 14.2 Å². The highest BCUT2D eigenvalue weighted by atomic mass is 16.7. The predicted octanol–water partition coefficient (Wildman–Crippen LogP) is 5.18. The van der Waals surface area contributed by atoms with Gasteiger partial charge in [0.05, 0.1) is 13.2 Å². The van der Waals surface area contributed by atoms with Gasteiger partial charge in [0, 0.05) is 13.3 Å². The van der Waals surface area contributed by atoms with Crippen molar-refractivity contribution in [1.82, 2.24) is 0 Å². The molecule has 4 heteroatoms. The lowest BCUT2D eigenvalue weighted by molar-refractivity contribution is -0.149. The first-order valence-corrected chi connectivity index (χ1v) is 11.6. The monoisotopic (exact) mass is 400 g/mol.